The molecule has 200 valence electrons. The fraction of sp³-hybridized carbons (Fsp3) is 0.393. The van der Waals surface area contributed by atoms with Gasteiger partial charge in [-0.2, -0.15) is 13.2 Å². The number of hydrogen-bond acceptors (Lipinski definition) is 6. The molecule has 3 unspecified atom stereocenters. The van der Waals surface area contributed by atoms with Gasteiger partial charge in [-0.05, 0) is 60.9 Å². The lowest BCUT2D eigenvalue weighted by atomic mass is 9.64. The van der Waals surface area contributed by atoms with Gasteiger partial charge in [0.1, 0.15) is 16.7 Å². The molecule has 0 radical (unpaired) electrons. The highest BCUT2D eigenvalue weighted by atomic mass is 32.2. The van der Waals surface area contributed by atoms with E-state index in [1.165, 1.54) is 18.0 Å². The maximum atomic E-state index is 13.9. The molecule has 38 heavy (non-hydrogen) atoms. The summed E-state index contributed by atoms with van der Waals surface area (Å²) in [5.41, 5.74) is 0.376. The number of aliphatic carboxylic acids is 1. The average Bonchev–Trinajstić information content (AvgIpc) is 2.87. The van der Waals surface area contributed by atoms with E-state index in [1.54, 1.807) is 12.1 Å². The van der Waals surface area contributed by atoms with Gasteiger partial charge < -0.3 is 14.7 Å². The summed E-state index contributed by atoms with van der Waals surface area (Å²) >= 11 is 1.18. The maximum absolute atomic E-state index is 13.9. The molecule has 3 heterocycles. The number of aromatic nitrogens is 2. The summed E-state index contributed by atoms with van der Waals surface area (Å²) in [6.45, 7) is 4.71. The number of nitrogens with zero attached hydrogens (tertiary/aromatic N) is 3. The van der Waals surface area contributed by atoms with E-state index in [0.717, 1.165) is 36.8 Å². The highest BCUT2D eigenvalue weighted by Crippen LogP contribution is 2.46. The van der Waals surface area contributed by atoms with Gasteiger partial charge in [-0.25, -0.2) is 9.97 Å². The van der Waals surface area contributed by atoms with Crippen molar-refractivity contribution in [2.24, 2.45) is 11.8 Å². The lowest BCUT2D eigenvalue weighted by Gasteiger charge is -2.52. The molecule has 2 aromatic heterocycles. The minimum atomic E-state index is -4.54. The fourth-order valence-electron chi connectivity index (χ4n) is 5.56. The quantitative estimate of drug-likeness (QED) is 0.309. The van der Waals surface area contributed by atoms with E-state index in [2.05, 4.69) is 14.6 Å². The van der Waals surface area contributed by atoms with Crippen molar-refractivity contribution in [3.63, 3.8) is 0 Å². The second-order valence-corrected chi connectivity index (χ2v) is 10.9. The highest BCUT2D eigenvalue weighted by Gasteiger charge is 2.49. The summed E-state index contributed by atoms with van der Waals surface area (Å²) in [4.78, 5) is 22.8. The molecule has 5 rings (SSSR count). The average molecular weight is 543 g/mol. The summed E-state index contributed by atoms with van der Waals surface area (Å²) in [7, 11) is 0. The predicted molar refractivity (Wildman–Crippen MR) is 142 cm³/mol. The molecule has 1 saturated carbocycles. The molecule has 0 amide bonds. The number of alkyl halides is 3. The van der Waals surface area contributed by atoms with E-state index < -0.39 is 17.7 Å². The number of hydrogen-bond donors (Lipinski definition) is 2. The van der Waals surface area contributed by atoms with Crippen molar-refractivity contribution in [1.29, 1.82) is 0 Å². The van der Waals surface area contributed by atoms with Crippen molar-refractivity contribution < 1.29 is 23.1 Å². The molecule has 1 aromatic carbocycles. The number of fused-ring (bicyclic) bond motifs is 1. The first kappa shape index (κ1) is 26.3. The Hall–Kier alpha value is -3.27. The Morgan fingerprint density at radius 3 is 2.63 bits per heavy atom. The molecule has 1 aliphatic carbocycles. The standard InChI is InChI=1S/C28H29F3N4O2S/c1-16(2)17-7-3-4-8-19(17)26-21(28(29,30)31)12-13-23(32-26)34-38-25-11-5-10-24(33-25)35-14-6-9-18-20(27(36)37)15-22(18)35/h3-5,7-8,10-13,16,18,20,22H,6,9,14-15H2,1-2H3,(H,32,34)(H,36,37). The number of rotatable bonds is 7. The van der Waals surface area contributed by atoms with Crippen LogP contribution in [0, 0.1) is 11.8 Å². The van der Waals surface area contributed by atoms with E-state index >= 15 is 0 Å². The van der Waals surface area contributed by atoms with Crippen LogP contribution >= 0.6 is 11.9 Å². The van der Waals surface area contributed by atoms with Crippen LogP contribution in [0.3, 0.4) is 0 Å². The van der Waals surface area contributed by atoms with Gasteiger partial charge in [0.2, 0.25) is 0 Å². The normalized spacial score (nSPS) is 21.1. The molecular weight excluding hydrogens is 513 g/mol. The Labute approximate surface area is 223 Å². The summed E-state index contributed by atoms with van der Waals surface area (Å²) in [6, 6.07) is 15.2. The van der Waals surface area contributed by atoms with E-state index in [0.29, 0.717) is 22.8 Å². The molecule has 3 aromatic rings. The number of piperidine rings is 1. The van der Waals surface area contributed by atoms with Gasteiger partial charge in [-0.3, -0.25) is 4.79 Å². The van der Waals surface area contributed by atoms with Crippen LogP contribution in [0.5, 0.6) is 0 Å². The predicted octanol–water partition coefficient (Wildman–Crippen LogP) is 7.09. The Balaban J connectivity index is 1.37. The second-order valence-electron chi connectivity index (χ2n) is 10.1. The van der Waals surface area contributed by atoms with Gasteiger partial charge in [-0.15, -0.1) is 0 Å². The molecule has 10 heteroatoms. The smallest absolute Gasteiger partial charge is 0.418 e. The number of carboxylic acids is 1. The van der Waals surface area contributed by atoms with Gasteiger partial charge >= 0.3 is 12.1 Å². The van der Waals surface area contributed by atoms with Gasteiger partial charge in [0, 0.05) is 30.1 Å². The minimum absolute atomic E-state index is 0.0304. The summed E-state index contributed by atoms with van der Waals surface area (Å²) in [5.74, 6) is 0.230. The van der Waals surface area contributed by atoms with Crippen molar-refractivity contribution in [3.8, 4) is 11.3 Å². The second kappa shape index (κ2) is 10.5. The molecule has 3 atom stereocenters. The van der Waals surface area contributed by atoms with Crippen molar-refractivity contribution in [2.75, 3.05) is 16.2 Å². The number of carbonyl (C=O) groups is 1. The third kappa shape index (κ3) is 5.18. The van der Waals surface area contributed by atoms with E-state index in [1.807, 2.05) is 44.2 Å². The Morgan fingerprint density at radius 1 is 1.11 bits per heavy atom. The van der Waals surface area contributed by atoms with Crippen molar-refractivity contribution in [2.45, 2.75) is 56.3 Å². The summed E-state index contributed by atoms with van der Waals surface area (Å²) < 4.78 is 44.7. The molecule has 2 fully saturated rings. The number of benzene rings is 1. The zero-order valence-electron chi connectivity index (χ0n) is 21.1. The van der Waals surface area contributed by atoms with Crippen LogP contribution in [0.2, 0.25) is 0 Å². The summed E-state index contributed by atoms with van der Waals surface area (Å²) in [6.07, 6.45) is -2.09. The van der Waals surface area contributed by atoms with Crippen molar-refractivity contribution >= 4 is 29.6 Å². The third-order valence-electron chi connectivity index (χ3n) is 7.46. The number of pyridine rings is 2. The van der Waals surface area contributed by atoms with Crippen LogP contribution in [-0.2, 0) is 11.0 Å². The first-order chi connectivity index (χ1) is 18.1. The number of anilines is 2. The largest absolute Gasteiger partial charge is 0.481 e. The molecule has 6 nitrogen and oxygen atoms in total. The minimum Gasteiger partial charge on any atom is -0.481 e. The number of halogens is 3. The lowest BCUT2D eigenvalue weighted by Crippen LogP contribution is -2.58. The van der Waals surface area contributed by atoms with Crippen molar-refractivity contribution in [3.05, 3.63) is 65.7 Å². The first-order valence-electron chi connectivity index (χ1n) is 12.7. The topological polar surface area (TPSA) is 78.4 Å². The fourth-order valence-corrected chi connectivity index (χ4v) is 6.17. The molecule has 2 N–H and O–H groups in total. The van der Waals surface area contributed by atoms with Crippen LogP contribution < -0.4 is 9.62 Å². The molecule has 0 bridgehead atoms. The lowest BCUT2D eigenvalue weighted by molar-refractivity contribution is -0.149. The molecule has 2 aliphatic rings. The van der Waals surface area contributed by atoms with E-state index in [4.69, 9.17) is 4.98 Å². The molecule has 1 aliphatic heterocycles. The maximum Gasteiger partial charge on any atom is 0.418 e. The Kier molecular flexibility index (Phi) is 7.26. The van der Waals surface area contributed by atoms with Crippen molar-refractivity contribution in [1.82, 2.24) is 9.97 Å². The molecule has 0 spiro atoms. The van der Waals surface area contributed by atoms with Crippen LogP contribution in [0.15, 0.2) is 59.6 Å². The zero-order chi connectivity index (χ0) is 27.0. The Bertz CT molecular complexity index is 1330. The van der Waals surface area contributed by atoms with E-state index in [-0.39, 0.29) is 29.5 Å². The van der Waals surface area contributed by atoms with E-state index in [9.17, 15) is 23.1 Å². The number of carboxylic acid groups (broad SMARTS) is 1. The van der Waals surface area contributed by atoms with Crippen LogP contribution in [0.4, 0.5) is 24.8 Å². The zero-order valence-corrected chi connectivity index (χ0v) is 21.9. The van der Waals surface area contributed by atoms with Crippen LogP contribution in [-0.4, -0.2) is 33.6 Å². The summed E-state index contributed by atoms with van der Waals surface area (Å²) in [5, 5.41) is 10.1. The first-order valence-corrected chi connectivity index (χ1v) is 13.5. The molecule has 1 saturated heterocycles. The van der Waals surface area contributed by atoms with Gasteiger partial charge in [-0.1, -0.05) is 44.2 Å². The van der Waals surface area contributed by atoms with Crippen LogP contribution in [0.1, 0.15) is 50.2 Å². The Morgan fingerprint density at radius 2 is 1.89 bits per heavy atom. The molecular formula is C28H29F3N4O2S. The highest BCUT2D eigenvalue weighted by molar-refractivity contribution is 8.00. The van der Waals surface area contributed by atoms with Gasteiger partial charge in [0.15, 0.2) is 0 Å². The third-order valence-corrected chi connectivity index (χ3v) is 8.21. The van der Waals surface area contributed by atoms with Gasteiger partial charge in [0.25, 0.3) is 0 Å². The van der Waals surface area contributed by atoms with Gasteiger partial charge in [0.05, 0.1) is 17.2 Å². The SMILES string of the molecule is CC(C)c1ccccc1-c1nc(NSc2cccc(N3CCCC4C(C(=O)O)CC43)n2)ccc1C(F)(F)F. The van der Waals surface area contributed by atoms with Crippen LogP contribution in [0.25, 0.3) is 11.3 Å². The number of nitrogens with one attached hydrogen (secondary N) is 1. The monoisotopic (exact) mass is 542 g/mol.